The first-order valence-corrected chi connectivity index (χ1v) is 10.3. The van der Waals surface area contributed by atoms with E-state index < -0.39 is 17.7 Å². The SMILES string of the molecule is CCOc1cc(Cl)cc(NC(=O)C(N=Nc2c(OC)cccc2OC)C(C)=O)c1OCC. The average Bonchev–Trinajstić information content (AvgIpc) is 2.76. The summed E-state index contributed by atoms with van der Waals surface area (Å²) in [6.07, 6.45) is 0. The van der Waals surface area contributed by atoms with Crippen molar-refractivity contribution in [3.63, 3.8) is 0 Å². The van der Waals surface area contributed by atoms with Crippen LogP contribution in [0.5, 0.6) is 23.0 Å². The highest BCUT2D eigenvalue weighted by molar-refractivity contribution is 6.31. The number of nitrogens with zero attached hydrogens (tertiary/aromatic N) is 2. The van der Waals surface area contributed by atoms with Gasteiger partial charge in [-0.3, -0.25) is 9.59 Å². The molecule has 0 aliphatic carbocycles. The van der Waals surface area contributed by atoms with Crippen LogP contribution in [0.1, 0.15) is 20.8 Å². The number of anilines is 1. The summed E-state index contributed by atoms with van der Waals surface area (Å²) in [5, 5.41) is 11.0. The van der Waals surface area contributed by atoms with Gasteiger partial charge in [0.25, 0.3) is 5.91 Å². The lowest BCUT2D eigenvalue weighted by molar-refractivity contribution is -0.126. The maximum atomic E-state index is 12.9. The summed E-state index contributed by atoms with van der Waals surface area (Å²) in [5.74, 6) is 0.219. The van der Waals surface area contributed by atoms with Crippen molar-refractivity contribution in [3.8, 4) is 23.0 Å². The third kappa shape index (κ3) is 6.10. The Balaban J connectivity index is 2.39. The van der Waals surface area contributed by atoms with E-state index in [9.17, 15) is 9.59 Å². The molecule has 1 unspecified atom stereocenters. The molecule has 0 aliphatic rings. The summed E-state index contributed by atoms with van der Waals surface area (Å²) in [6, 6.07) is 6.71. The van der Waals surface area contributed by atoms with Crippen molar-refractivity contribution in [1.29, 1.82) is 0 Å². The van der Waals surface area contributed by atoms with Gasteiger partial charge in [-0.1, -0.05) is 17.7 Å². The van der Waals surface area contributed by atoms with E-state index in [0.29, 0.717) is 41.2 Å². The van der Waals surface area contributed by atoms with Crippen LogP contribution in [-0.2, 0) is 9.59 Å². The minimum Gasteiger partial charge on any atom is -0.494 e. The van der Waals surface area contributed by atoms with Crippen LogP contribution in [0.3, 0.4) is 0 Å². The first-order valence-electron chi connectivity index (χ1n) is 9.88. The molecule has 0 fully saturated rings. The van der Waals surface area contributed by atoms with Gasteiger partial charge in [-0.2, -0.15) is 5.11 Å². The van der Waals surface area contributed by atoms with Gasteiger partial charge in [-0.25, -0.2) is 0 Å². The van der Waals surface area contributed by atoms with E-state index >= 15 is 0 Å². The number of amides is 1. The van der Waals surface area contributed by atoms with Gasteiger partial charge < -0.3 is 24.3 Å². The van der Waals surface area contributed by atoms with E-state index in [4.69, 9.17) is 30.5 Å². The molecular formula is C22H26ClN3O6. The molecule has 0 radical (unpaired) electrons. The molecule has 0 bridgehead atoms. The lowest BCUT2D eigenvalue weighted by Crippen LogP contribution is -2.32. The molecule has 0 aliphatic heterocycles. The zero-order valence-corrected chi connectivity index (χ0v) is 19.4. The molecule has 9 nitrogen and oxygen atoms in total. The van der Waals surface area contributed by atoms with Crippen LogP contribution in [0.2, 0.25) is 5.02 Å². The van der Waals surface area contributed by atoms with Crippen LogP contribution in [0, 0.1) is 0 Å². The second-order valence-corrected chi connectivity index (χ2v) is 6.81. The summed E-state index contributed by atoms with van der Waals surface area (Å²) >= 11 is 6.17. The Morgan fingerprint density at radius 1 is 1.03 bits per heavy atom. The smallest absolute Gasteiger partial charge is 0.258 e. The minimum absolute atomic E-state index is 0.254. The molecule has 1 amide bonds. The third-order valence-corrected chi connectivity index (χ3v) is 4.39. The standard InChI is InChI=1S/C22H26ClN3O6/c1-6-31-18-12-14(23)11-15(21(18)32-7-2)24-22(28)19(13(3)27)25-26-20-16(29-4)9-8-10-17(20)30-5/h8-12,19H,6-7H2,1-5H3,(H,24,28). The Bertz CT molecular complexity index is 974. The number of ketones is 1. The minimum atomic E-state index is -1.42. The summed E-state index contributed by atoms with van der Waals surface area (Å²) in [7, 11) is 2.93. The highest BCUT2D eigenvalue weighted by Gasteiger charge is 2.26. The molecule has 2 rings (SSSR count). The quantitative estimate of drug-likeness (QED) is 0.377. The van der Waals surface area contributed by atoms with Crippen LogP contribution in [0.4, 0.5) is 11.4 Å². The molecule has 10 heteroatoms. The molecule has 2 aromatic rings. The molecule has 0 aromatic heterocycles. The number of hydrogen-bond donors (Lipinski definition) is 1. The van der Waals surface area contributed by atoms with Crippen molar-refractivity contribution in [2.75, 3.05) is 32.8 Å². The van der Waals surface area contributed by atoms with Gasteiger partial charge in [-0.05, 0) is 39.0 Å². The predicted molar refractivity (Wildman–Crippen MR) is 121 cm³/mol. The van der Waals surface area contributed by atoms with Crippen LogP contribution >= 0.6 is 11.6 Å². The lowest BCUT2D eigenvalue weighted by atomic mass is 10.2. The molecule has 1 N–H and O–H groups in total. The maximum absolute atomic E-state index is 12.9. The number of hydrogen-bond acceptors (Lipinski definition) is 8. The van der Waals surface area contributed by atoms with Gasteiger partial charge in [0.15, 0.2) is 23.0 Å². The monoisotopic (exact) mass is 463 g/mol. The Morgan fingerprint density at radius 2 is 1.66 bits per heavy atom. The van der Waals surface area contributed by atoms with Crippen molar-refractivity contribution < 1.29 is 28.5 Å². The highest BCUT2D eigenvalue weighted by Crippen LogP contribution is 2.39. The second kappa shape index (κ2) is 11.9. The summed E-state index contributed by atoms with van der Waals surface area (Å²) < 4.78 is 21.7. The molecule has 0 spiro atoms. The fraction of sp³-hybridized carbons (Fsp3) is 0.364. The highest BCUT2D eigenvalue weighted by atomic mass is 35.5. The molecule has 172 valence electrons. The third-order valence-electron chi connectivity index (χ3n) is 4.17. The molecular weight excluding hydrogens is 438 g/mol. The van der Waals surface area contributed by atoms with E-state index in [0.717, 1.165) is 0 Å². The fourth-order valence-electron chi connectivity index (χ4n) is 2.78. The number of carbonyl (C=O) groups is 2. The Morgan fingerprint density at radius 3 is 2.19 bits per heavy atom. The average molecular weight is 464 g/mol. The second-order valence-electron chi connectivity index (χ2n) is 6.38. The molecule has 32 heavy (non-hydrogen) atoms. The molecule has 0 heterocycles. The van der Waals surface area contributed by atoms with Gasteiger partial charge in [0, 0.05) is 11.1 Å². The van der Waals surface area contributed by atoms with Gasteiger partial charge >= 0.3 is 0 Å². The lowest BCUT2D eigenvalue weighted by Gasteiger charge is -2.17. The van der Waals surface area contributed by atoms with Crippen LogP contribution in [0.15, 0.2) is 40.6 Å². The van der Waals surface area contributed by atoms with Crippen molar-refractivity contribution >= 4 is 34.7 Å². The molecule has 1 atom stereocenters. The topological polar surface area (TPSA) is 108 Å². The van der Waals surface area contributed by atoms with Gasteiger partial charge in [0.2, 0.25) is 6.04 Å². The Labute approximate surface area is 191 Å². The summed E-state index contributed by atoms with van der Waals surface area (Å²) in [6.45, 7) is 5.55. The normalized spacial score (nSPS) is 11.7. The van der Waals surface area contributed by atoms with E-state index in [2.05, 4.69) is 15.5 Å². The van der Waals surface area contributed by atoms with E-state index in [1.54, 1.807) is 31.2 Å². The summed E-state index contributed by atoms with van der Waals surface area (Å²) in [5.41, 5.74) is 0.511. The Hall–Kier alpha value is -3.33. The summed E-state index contributed by atoms with van der Waals surface area (Å²) in [4.78, 5) is 25.1. The Kier molecular flexibility index (Phi) is 9.27. The molecule has 0 saturated heterocycles. The van der Waals surface area contributed by atoms with Gasteiger partial charge in [-0.15, -0.1) is 5.11 Å². The first kappa shape index (κ1) is 24.9. The van der Waals surface area contributed by atoms with Gasteiger partial charge in [0.1, 0.15) is 11.5 Å². The van der Waals surface area contributed by atoms with Gasteiger partial charge in [0.05, 0.1) is 33.1 Å². The number of rotatable bonds is 11. The molecule has 0 saturated carbocycles. The van der Waals surface area contributed by atoms with E-state index in [1.807, 2.05) is 6.92 Å². The first-order chi connectivity index (χ1) is 15.4. The maximum Gasteiger partial charge on any atom is 0.258 e. The number of Topliss-reactive ketones (excluding diaryl/α,β-unsaturated/α-hetero) is 1. The number of benzene rings is 2. The van der Waals surface area contributed by atoms with Crippen LogP contribution in [0.25, 0.3) is 0 Å². The van der Waals surface area contributed by atoms with Crippen molar-refractivity contribution in [2.24, 2.45) is 10.2 Å². The number of ether oxygens (including phenoxy) is 4. The largest absolute Gasteiger partial charge is 0.494 e. The number of azo groups is 1. The fourth-order valence-corrected chi connectivity index (χ4v) is 2.99. The van der Waals surface area contributed by atoms with Crippen molar-refractivity contribution in [3.05, 3.63) is 35.4 Å². The van der Waals surface area contributed by atoms with Crippen molar-refractivity contribution in [1.82, 2.24) is 0 Å². The number of nitrogens with one attached hydrogen (secondary N) is 1. The predicted octanol–water partition coefficient (Wildman–Crippen LogP) is 4.83. The van der Waals surface area contributed by atoms with Crippen molar-refractivity contribution in [2.45, 2.75) is 26.8 Å². The zero-order valence-electron chi connectivity index (χ0n) is 18.6. The van der Waals surface area contributed by atoms with E-state index in [1.165, 1.54) is 27.2 Å². The number of halogens is 1. The number of methoxy groups -OCH3 is 2. The zero-order chi connectivity index (χ0) is 23.7. The van der Waals surface area contributed by atoms with Crippen LogP contribution in [-0.4, -0.2) is 45.2 Å². The number of carbonyl (C=O) groups excluding carboxylic acids is 2. The van der Waals surface area contributed by atoms with Crippen LogP contribution < -0.4 is 24.3 Å². The van der Waals surface area contributed by atoms with E-state index in [-0.39, 0.29) is 11.4 Å². The molecule has 2 aromatic carbocycles.